The van der Waals surface area contributed by atoms with Crippen LogP contribution in [-0.2, 0) is 11.3 Å². The van der Waals surface area contributed by atoms with Crippen molar-refractivity contribution >= 4 is 17.3 Å². The second-order valence-electron chi connectivity index (χ2n) is 4.93. The summed E-state index contributed by atoms with van der Waals surface area (Å²) in [7, 11) is 0. The second-order valence-corrected chi connectivity index (χ2v) is 4.93. The highest BCUT2D eigenvalue weighted by Gasteiger charge is 2.03. The average Bonchev–Trinajstić information content (AvgIpc) is 2.48. The molecule has 0 aliphatic carbocycles. The Morgan fingerprint density at radius 2 is 1.90 bits per heavy atom. The first-order valence-electron chi connectivity index (χ1n) is 6.97. The Kier molecular flexibility index (Phi) is 4.93. The molecule has 0 aliphatic rings. The third kappa shape index (κ3) is 4.31. The van der Waals surface area contributed by atoms with Crippen molar-refractivity contribution in [3.8, 4) is 0 Å². The number of halogens is 1. The van der Waals surface area contributed by atoms with Gasteiger partial charge >= 0.3 is 0 Å². The predicted octanol–water partition coefficient (Wildman–Crippen LogP) is 4.09. The molecular formula is C17H19FN2O. The number of nitrogens with one attached hydrogen (secondary N) is 2. The van der Waals surface area contributed by atoms with Gasteiger partial charge in [-0.3, -0.25) is 4.79 Å². The Morgan fingerprint density at radius 1 is 1.14 bits per heavy atom. The summed E-state index contributed by atoms with van der Waals surface area (Å²) in [5.74, 6) is -0.250. The third-order valence-electron chi connectivity index (χ3n) is 3.15. The number of carbonyl (C=O) groups is 1. The minimum atomic E-state index is -0.219. The molecule has 3 nitrogen and oxygen atoms in total. The van der Waals surface area contributed by atoms with Gasteiger partial charge in [-0.25, -0.2) is 4.39 Å². The highest BCUT2D eigenvalue weighted by molar-refractivity contribution is 5.90. The lowest BCUT2D eigenvalue weighted by molar-refractivity contribution is -0.115. The van der Waals surface area contributed by atoms with Gasteiger partial charge in [0.2, 0.25) is 5.91 Å². The van der Waals surface area contributed by atoms with Crippen LogP contribution in [0.15, 0.2) is 42.5 Å². The van der Waals surface area contributed by atoms with Crippen molar-refractivity contribution in [3.63, 3.8) is 0 Å². The first-order chi connectivity index (χ1) is 10.1. The largest absolute Gasteiger partial charge is 0.381 e. The lowest BCUT2D eigenvalue weighted by Crippen LogP contribution is -2.09. The van der Waals surface area contributed by atoms with Gasteiger partial charge in [0.1, 0.15) is 5.82 Å². The average molecular weight is 286 g/mol. The molecule has 0 aliphatic heterocycles. The topological polar surface area (TPSA) is 41.1 Å². The molecule has 21 heavy (non-hydrogen) atoms. The van der Waals surface area contributed by atoms with Crippen LogP contribution in [0.5, 0.6) is 0 Å². The minimum absolute atomic E-state index is 0.0307. The molecule has 0 saturated heterocycles. The lowest BCUT2D eigenvalue weighted by Gasteiger charge is -2.10. The zero-order chi connectivity index (χ0) is 15.2. The number of anilines is 2. The number of aryl methyl sites for hydroxylation is 1. The maximum Gasteiger partial charge on any atom is 0.224 e. The summed E-state index contributed by atoms with van der Waals surface area (Å²) >= 11 is 0. The quantitative estimate of drug-likeness (QED) is 0.869. The van der Waals surface area contributed by atoms with Crippen LogP contribution in [0.25, 0.3) is 0 Å². The van der Waals surface area contributed by atoms with Gasteiger partial charge in [-0.2, -0.15) is 0 Å². The highest BCUT2D eigenvalue weighted by atomic mass is 19.1. The molecular weight excluding hydrogens is 267 g/mol. The van der Waals surface area contributed by atoms with E-state index < -0.39 is 0 Å². The number of carbonyl (C=O) groups excluding carboxylic acids is 1. The molecule has 0 heterocycles. The van der Waals surface area contributed by atoms with E-state index >= 15 is 0 Å². The summed E-state index contributed by atoms with van der Waals surface area (Å²) in [6, 6.07) is 12.4. The van der Waals surface area contributed by atoms with Gasteiger partial charge in [0.15, 0.2) is 0 Å². The second kappa shape index (κ2) is 6.88. The van der Waals surface area contributed by atoms with Crippen molar-refractivity contribution in [1.82, 2.24) is 0 Å². The van der Waals surface area contributed by atoms with E-state index in [0.29, 0.717) is 18.5 Å². The Labute approximate surface area is 124 Å². The van der Waals surface area contributed by atoms with Crippen molar-refractivity contribution in [2.45, 2.75) is 26.8 Å². The van der Waals surface area contributed by atoms with Crippen LogP contribution in [-0.4, -0.2) is 5.91 Å². The molecule has 110 valence electrons. The van der Waals surface area contributed by atoms with Crippen molar-refractivity contribution in [1.29, 1.82) is 0 Å². The fourth-order valence-corrected chi connectivity index (χ4v) is 1.99. The molecule has 0 radical (unpaired) electrons. The summed E-state index contributed by atoms with van der Waals surface area (Å²) in [5, 5.41) is 5.97. The van der Waals surface area contributed by atoms with Crippen LogP contribution in [0.3, 0.4) is 0 Å². The Bertz CT molecular complexity index is 640. The fraction of sp³-hybridized carbons (Fsp3) is 0.235. The lowest BCUT2D eigenvalue weighted by atomic mass is 10.1. The third-order valence-corrected chi connectivity index (χ3v) is 3.15. The van der Waals surface area contributed by atoms with Gasteiger partial charge in [-0.05, 0) is 31.2 Å². The van der Waals surface area contributed by atoms with Crippen LogP contribution in [0.1, 0.15) is 24.5 Å². The fourth-order valence-electron chi connectivity index (χ4n) is 1.99. The monoisotopic (exact) mass is 286 g/mol. The molecule has 2 aromatic rings. The standard InChI is InChI=1S/C17H19FN2O/c1-3-17(21)20-15-6-4-5-14(10-15)19-11-13-9-12(2)7-8-16(13)18/h4-10,19H,3,11H2,1-2H3,(H,20,21). The summed E-state index contributed by atoms with van der Waals surface area (Å²) < 4.78 is 13.7. The van der Waals surface area contributed by atoms with Gasteiger partial charge in [-0.15, -0.1) is 0 Å². The van der Waals surface area contributed by atoms with E-state index in [2.05, 4.69) is 10.6 Å². The summed E-state index contributed by atoms with van der Waals surface area (Å²) in [6.45, 7) is 4.14. The number of hydrogen-bond acceptors (Lipinski definition) is 2. The molecule has 0 unspecified atom stereocenters. The number of hydrogen-bond donors (Lipinski definition) is 2. The van der Waals surface area contributed by atoms with Crippen LogP contribution in [0.2, 0.25) is 0 Å². The van der Waals surface area contributed by atoms with E-state index in [4.69, 9.17) is 0 Å². The first kappa shape index (κ1) is 15.0. The van der Waals surface area contributed by atoms with Crippen LogP contribution < -0.4 is 10.6 Å². The van der Waals surface area contributed by atoms with Gasteiger partial charge in [-0.1, -0.05) is 30.7 Å². The smallest absolute Gasteiger partial charge is 0.224 e. The van der Waals surface area contributed by atoms with Crippen LogP contribution >= 0.6 is 0 Å². The van der Waals surface area contributed by atoms with E-state index in [-0.39, 0.29) is 11.7 Å². The van der Waals surface area contributed by atoms with Crippen molar-refractivity contribution < 1.29 is 9.18 Å². The predicted molar refractivity (Wildman–Crippen MR) is 83.8 cm³/mol. The van der Waals surface area contributed by atoms with E-state index in [1.54, 1.807) is 13.0 Å². The normalized spacial score (nSPS) is 10.2. The molecule has 1 amide bonds. The molecule has 0 fully saturated rings. The minimum Gasteiger partial charge on any atom is -0.381 e. The summed E-state index contributed by atoms with van der Waals surface area (Å²) in [5.41, 5.74) is 3.22. The van der Waals surface area contributed by atoms with Gasteiger partial charge in [0, 0.05) is 29.9 Å². The van der Waals surface area contributed by atoms with Gasteiger partial charge < -0.3 is 10.6 Å². The maximum atomic E-state index is 13.7. The van der Waals surface area contributed by atoms with Gasteiger partial charge in [0.05, 0.1) is 0 Å². The molecule has 4 heteroatoms. The molecule has 0 saturated carbocycles. The molecule has 2 N–H and O–H groups in total. The number of rotatable bonds is 5. The number of benzene rings is 2. The SMILES string of the molecule is CCC(=O)Nc1cccc(NCc2cc(C)ccc2F)c1. The Morgan fingerprint density at radius 3 is 2.67 bits per heavy atom. The molecule has 2 aromatic carbocycles. The number of amides is 1. The molecule has 2 rings (SSSR count). The molecule has 0 aromatic heterocycles. The zero-order valence-corrected chi connectivity index (χ0v) is 12.2. The van der Waals surface area contributed by atoms with E-state index in [1.807, 2.05) is 37.3 Å². The Balaban J connectivity index is 2.04. The van der Waals surface area contributed by atoms with Crippen LogP contribution in [0, 0.1) is 12.7 Å². The highest BCUT2D eigenvalue weighted by Crippen LogP contribution is 2.17. The molecule has 0 atom stereocenters. The van der Waals surface area contributed by atoms with Crippen molar-refractivity contribution in [2.24, 2.45) is 0 Å². The van der Waals surface area contributed by atoms with E-state index in [9.17, 15) is 9.18 Å². The Hall–Kier alpha value is -2.36. The van der Waals surface area contributed by atoms with Crippen molar-refractivity contribution in [3.05, 3.63) is 59.4 Å². The van der Waals surface area contributed by atoms with Gasteiger partial charge in [0.25, 0.3) is 0 Å². The molecule has 0 bridgehead atoms. The van der Waals surface area contributed by atoms with Crippen LogP contribution in [0.4, 0.5) is 15.8 Å². The summed E-state index contributed by atoms with van der Waals surface area (Å²) in [6.07, 6.45) is 0.437. The van der Waals surface area contributed by atoms with Crippen molar-refractivity contribution in [2.75, 3.05) is 10.6 Å². The van der Waals surface area contributed by atoms with E-state index in [1.165, 1.54) is 6.07 Å². The van der Waals surface area contributed by atoms with E-state index in [0.717, 1.165) is 16.9 Å². The first-order valence-corrected chi connectivity index (χ1v) is 6.97. The zero-order valence-electron chi connectivity index (χ0n) is 12.2. The maximum absolute atomic E-state index is 13.7. The molecule has 0 spiro atoms. The summed E-state index contributed by atoms with van der Waals surface area (Å²) in [4.78, 5) is 11.4.